The summed E-state index contributed by atoms with van der Waals surface area (Å²) >= 11 is 0. The van der Waals surface area contributed by atoms with Crippen molar-refractivity contribution < 1.29 is 22.3 Å². The third-order valence-corrected chi connectivity index (χ3v) is 2.98. The number of sulfonamides is 1. The van der Waals surface area contributed by atoms with Gasteiger partial charge in [-0.25, -0.2) is 17.9 Å². The van der Waals surface area contributed by atoms with E-state index in [4.69, 9.17) is 14.6 Å². The summed E-state index contributed by atoms with van der Waals surface area (Å²) in [5.74, 6) is -0.660. The summed E-state index contributed by atoms with van der Waals surface area (Å²) < 4.78 is 45.8. The molecule has 0 unspecified atom stereocenters. The monoisotopic (exact) mass is 277 g/mol. The topological polar surface area (TPSA) is 78.6 Å². The van der Waals surface area contributed by atoms with E-state index >= 15 is 0 Å². The van der Waals surface area contributed by atoms with Gasteiger partial charge < -0.3 is 9.47 Å². The lowest BCUT2D eigenvalue weighted by molar-refractivity contribution is 0.0995. The molecular formula is C11H16FNO4S. The molecule has 102 valence electrons. The maximum Gasteiger partial charge on any atom is 0.241 e. The van der Waals surface area contributed by atoms with E-state index in [0.717, 1.165) is 18.6 Å². The minimum atomic E-state index is -4.01. The Bertz CT molecular complexity index is 490. The number of primary sulfonamides is 1. The zero-order chi connectivity index (χ0) is 13.6. The van der Waals surface area contributed by atoms with Crippen LogP contribution in [0.2, 0.25) is 0 Å². The fraction of sp³-hybridized carbons (Fsp3) is 0.455. The van der Waals surface area contributed by atoms with Crippen molar-refractivity contribution >= 4 is 10.0 Å². The summed E-state index contributed by atoms with van der Waals surface area (Å²) in [5.41, 5.74) is 0. The molecule has 0 aliphatic carbocycles. The van der Waals surface area contributed by atoms with Crippen molar-refractivity contribution in [2.24, 2.45) is 5.14 Å². The summed E-state index contributed by atoms with van der Waals surface area (Å²) in [5, 5.41) is 4.97. The van der Waals surface area contributed by atoms with E-state index < -0.39 is 15.8 Å². The Labute approximate surface area is 106 Å². The maximum atomic E-state index is 13.0. The summed E-state index contributed by atoms with van der Waals surface area (Å²) in [4.78, 5) is -0.363. The molecular weight excluding hydrogens is 261 g/mol. The number of rotatable bonds is 7. The highest BCUT2D eigenvalue weighted by molar-refractivity contribution is 7.89. The average molecular weight is 277 g/mol. The van der Waals surface area contributed by atoms with Crippen molar-refractivity contribution in [2.45, 2.75) is 18.2 Å². The lowest BCUT2D eigenvalue weighted by Gasteiger charge is -2.10. The molecule has 0 aromatic heterocycles. The van der Waals surface area contributed by atoms with Crippen molar-refractivity contribution in [1.29, 1.82) is 0 Å². The summed E-state index contributed by atoms with van der Waals surface area (Å²) in [6, 6.07) is 3.17. The minimum absolute atomic E-state index is 0.0269. The first-order chi connectivity index (χ1) is 8.45. The van der Waals surface area contributed by atoms with Crippen LogP contribution in [0.15, 0.2) is 23.1 Å². The Morgan fingerprint density at radius 3 is 2.61 bits per heavy atom. The third kappa shape index (κ3) is 4.59. The van der Waals surface area contributed by atoms with Crippen LogP contribution in [0.25, 0.3) is 0 Å². The molecule has 0 bridgehead atoms. The smallest absolute Gasteiger partial charge is 0.241 e. The lowest BCUT2D eigenvalue weighted by Crippen LogP contribution is -2.15. The van der Waals surface area contributed by atoms with Crippen LogP contribution in [0.5, 0.6) is 5.75 Å². The third-order valence-electron chi connectivity index (χ3n) is 2.05. The van der Waals surface area contributed by atoms with Crippen LogP contribution >= 0.6 is 0 Å². The Morgan fingerprint density at radius 1 is 1.28 bits per heavy atom. The number of hydrogen-bond donors (Lipinski definition) is 1. The van der Waals surface area contributed by atoms with Crippen molar-refractivity contribution in [2.75, 3.05) is 19.8 Å². The second-order valence-electron chi connectivity index (χ2n) is 3.60. The Kier molecular flexibility index (Phi) is 5.52. The first kappa shape index (κ1) is 14.9. The van der Waals surface area contributed by atoms with Gasteiger partial charge in [-0.1, -0.05) is 6.92 Å². The predicted octanol–water partition coefficient (Wildman–Crippen LogP) is 1.28. The van der Waals surface area contributed by atoms with Gasteiger partial charge in [-0.3, -0.25) is 0 Å². The molecule has 0 spiro atoms. The van der Waals surface area contributed by atoms with Crippen LogP contribution < -0.4 is 9.88 Å². The standard InChI is InChI=1S/C11H16FNO4S/c1-2-5-16-6-7-17-10-4-3-9(12)8-11(10)18(13,14)15/h3-4,8H,2,5-7H2,1H3,(H2,13,14,15). The Balaban J connectivity index is 2.71. The summed E-state index contributed by atoms with van der Waals surface area (Å²) in [7, 11) is -4.01. The zero-order valence-electron chi connectivity index (χ0n) is 10.1. The van der Waals surface area contributed by atoms with Crippen LogP contribution in [-0.2, 0) is 14.8 Å². The van der Waals surface area contributed by atoms with Crippen molar-refractivity contribution in [1.82, 2.24) is 0 Å². The molecule has 1 aromatic carbocycles. The van der Waals surface area contributed by atoms with E-state index in [-0.39, 0.29) is 17.3 Å². The molecule has 0 aliphatic heterocycles. The average Bonchev–Trinajstić information content (AvgIpc) is 2.29. The molecule has 0 saturated carbocycles. The fourth-order valence-electron chi connectivity index (χ4n) is 1.28. The number of nitrogens with two attached hydrogens (primary N) is 1. The molecule has 1 rings (SSSR count). The molecule has 18 heavy (non-hydrogen) atoms. The van der Waals surface area contributed by atoms with Crippen LogP contribution in [0.3, 0.4) is 0 Å². The largest absolute Gasteiger partial charge is 0.490 e. The van der Waals surface area contributed by atoms with Crippen LogP contribution in [0.1, 0.15) is 13.3 Å². The van der Waals surface area contributed by atoms with Gasteiger partial charge in [-0.2, -0.15) is 0 Å². The number of benzene rings is 1. The SMILES string of the molecule is CCCOCCOc1ccc(F)cc1S(N)(=O)=O. The Morgan fingerprint density at radius 2 is 2.00 bits per heavy atom. The van der Waals surface area contributed by atoms with Gasteiger partial charge in [0.2, 0.25) is 10.0 Å². The van der Waals surface area contributed by atoms with E-state index in [1.165, 1.54) is 6.07 Å². The molecule has 0 saturated heterocycles. The molecule has 0 radical (unpaired) electrons. The molecule has 0 atom stereocenters. The van der Waals surface area contributed by atoms with Gasteiger partial charge in [-0.05, 0) is 24.6 Å². The van der Waals surface area contributed by atoms with Gasteiger partial charge >= 0.3 is 0 Å². The quantitative estimate of drug-likeness (QED) is 0.761. The van der Waals surface area contributed by atoms with Gasteiger partial charge in [-0.15, -0.1) is 0 Å². The van der Waals surface area contributed by atoms with Crippen molar-refractivity contribution in [3.05, 3.63) is 24.0 Å². The zero-order valence-corrected chi connectivity index (χ0v) is 10.9. The van der Waals surface area contributed by atoms with E-state index in [1.807, 2.05) is 6.92 Å². The lowest BCUT2D eigenvalue weighted by atomic mass is 10.3. The first-order valence-corrected chi connectivity index (χ1v) is 7.02. The normalized spacial score (nSPS) is 11.5. The van der Waals surface area contributed by atoms with E-state index in [0.29, 0.717) is 13.2 Å². The van der Waals surface area contributed by atoms with Crippen molar-refractivity contribution in [3.63, 3.8) is 0 Å². The molecule has 0 aliphatic rings. The van der Waals surface area contributed by atoms with Gasteiger partial charge in [0.15, 0.2) is 0 Å². The fourth-order valence-corrected chi connectivity index (χ4v) is 1.96. The highest BCUT2D eigenvalue weighted by Gasteiger charge is 2.16. The Hall–Kier alpha value is -1.18. The van der Waals surface area contributed by atoms with Gasteiger partial charge in [0.25, 0.3) is 0 Å². The number of hydrogen-bond acceptors (Lipinski definition) is 4. The molecule has 7 heteroatoms. The number of ether oxygens (including phenoxy) is 2. The first-order valence-electron chi connectivity index (χ1n) is 5.48. The van der Waals surface area contributed by atoms with Gasteiger partial charge in [0, 0.05) is 6.61 Å². The van der Waals surface area contributed by atoms with Gasteiger partial charge in [0.1, 0.15) is 23.1 Å². The molecule has 0 heterocycles. The maximum absolute atomic E-state index is 13.0. The number of halogens is 1. The molecule has 2 N–H and O–H groups in total. The van der Waals surface area contributed by atoms with E-state index in [2.05, 4.69) is 0 Å². The highest BCUT2D eigenvalue weighted by Crippen LogP contribution is 2.23. The molecule has 0 fully saturated rings. The second kappa shape index (κ2) is 6.67. The molecule has 5 nitrogen and oxygen atoms in total. The highest BCUT2D eigenvalue weighted by atomic mass is 32.2. The summed E-state index contributed by atoms with van der Waals surface area (Å²) in [6.07, 6.45) is 0.888. The van der Waals surface area contributed by atoms with Crippen LogP contribution in [-0.4, -0.2) is 28.2 Å². The molecule has 0 amide bonds. The van der Waals surface area contributed by atoms with Crippen LogP contribution in [0, 0.1) is 5.82 Å². The predicted molar refractivity (Wildman–Crippen MR) is 64.4 cm³/mol. The minimum Gasteiger partial charge on any atom is -0.490 e. The van der Waals surface area contributed by atoms with E-state index in [9.17, 15) is 12.8 Å². The van der Waals surface area contributed by atoms with Crippen LogP contribution in [0.4, 0.5) is 4.39 Å². The second-order valence-corrected chi connectivity index (χ2v) is 5.13. The summed E-state index contributed by atoms with van der Waals surface area (Å²) in [6.45, 7) is 3.08. The van der Waals surface area contributed by atoms with E-state index in [1.54, 1.807) is 0 Å². The molecule has 1 aromatic rings. The van der Waals surface area contributed by atoms with Gasteiger partial charge in [0.05, 0.1) is 6.61 Å². The van der Waals surface area contributed by atoms with Crippen molar-refractivity contribution in [3.8, 4) is 5.75 Å².